The first kappa shape index (κ1) is 13.3. The molecule has 0 atom stereocenters. The first-order valence-corrected chi connectivity index (χ1v) is 8.63. The number of nitrogens with zero attached hydrogens (tertiary/aromatic N) is 1. The molecule has 0 fully saturated rings. The number of benzene rings is 1. The number of rotatable bonds is 1. The first-order valence-electron chi connectivity index (χ1n) is 5.96. The van der Waals surface area contributed by atoms with Gasteiger partial charge in [-0.25, -0.2) is 0 Å². The van der Waals surface area contributed by atoms with Crippen LogP contribution in [0.15, 0.2) is 50.1 Å². The number of allylic oxidation sites excluding steroid dienone is 4. The third kappa shape index (κ3) is 1.96. The molecule has 1 aromatic rings. The maximum Gasteiger partial charge on any atom is 0.284 e. The number of hydrogen-bond acceptors (Lipinski definition) is 4. The van der Waals surface area contributed by atoms with Gasteiger partial charge < -0.3 is 0 Å². The summed E-state index contributed by atoms with van der Waals surface area (Å²) in [7, 11) is -3.78. The largest absolute Gasteiger partial charge is 0.294 e. The number of thioether (sulfide) groups is 1. The van der Waals surface area contributed by atoms with Crippen molar-refractivity contribution in [2.24, 2.45) is 4.40 Å². The second-order valence-electron chi connectivity index (χ2n) is 4.41. The summed E-state index contributed by atoms with van der Waals surface area (Å²) >= 11 is 1.33. The predicted molar refractivity (Wildman–Crippen MR) is 79.6 cm³/mol. The Morgan fingerprint density at radius 2 is 2.10 bits per heavy atom. The lowest BCUT2D eigenvalue weighted by molar-refractivity contribution is -0.113. The number of sulfonamides is 1. The quantitative estimate of drug-likeness (QED) is 0.748. The zero-order valence-electron chi connectivity index (χ0n) is 10.7. The summed E-state index contributed by atoms with van der Waals surface area (Å²) in [5, 5.41) is 0. The Bertz CT molecular complexity index is 802. The summed E-state index contributed by atoms with van der Waals surface area (Å²) in [6.45, 7) is 0. The van der Waals surface area contributed by atoms with E-state index in [0.717, 1.165) is 0 Å². The highest BCUT2D eigenvalue weighted by Gasteiger charge is 2.30. The fraction of sp³-hybridized carbons (Fsp3) is 0.143. The van der Waals surface area contributed by atoms with Gasteiger partial charge in [0.1, 0.15) is 4.90 Å². The monoisotopic (exact) mass is 305 g/mol. The Morgan fingerprint density at radius 3 is 2.85 bits per heavy atom. The van der Waals surface area contributed by atoms with Gasteiger partial charge in [-0.05, 0) is 12.3 Å². The highest BCUT2D eigenvalue weighted by atomic mass is 32.2. The van der Waals surface area contributed by atoms with Gasteiger partial charge >= 0.3 is 0 Å². The molecule has 0 radical (unpaired) electrons. The number of carbonyl (C=O) groups is 1. The van der Waals surface area contributed by atoms with Crippen molar-refractivity contribution in [3.63, 3.8) is 0 Å². The van der Waals surface area contributed by atoms with Gasteiger partial charge in [-0.1, -0.05) is 24.3 Å². The van der Waals surface area contributed by atoms with Crippen LogP contribution in [0.25, 0.3) is 5.57 Å². The van der Waals surface area contributed by atoms with E-state index >= 15 is 0 Å². The van der Waals surface area contributed by atoms with Crippen LogP contribution in [0.5, 0.6) is 0 Å². The van der Waals surface area contributed by atoms with Crippen molar-refractivity contribution in [1.82, 2.24) is 0 Å². The lowest BCUT2D eigenvalue weighted by Gasteiger charge is -2.14. The zero-order chi connectivity index (χ0) is 14.3. The molecule has 0 aromatic heterocycles. The van der Waals surface area contributed by atoms with Crippen LogP contribution in [0.3, 0.4) is 0 Å². The Balaban J connectivity index is 2.44. The van der Waals surface area contributed by atoms with Crippen LogP contribution in [0, 0.1) is 0 Å². The van der Waals surface area contributed by atoms with Gasteiger partial charge in [0.05, 0.1) is 0 Å². The van der Waals surface area contributed by atoms with Crippen molar-refractivity contribution in [3.8, 4) is 0 Å². The van der Waals surface area contributed by atoms with E-state index in [-0.39, 0.29) is 17.1 Å². The molecule has 1 aromatic carbocycles. The van der Waals surface area contributed by atoms with Gasteiger partial charge in [-0.2, -0.15) is 12.8 Å². The smallest absolute Gasteiger partial charge is 0.284 e. The molecular weight excluding hydrogens is 294 g/mol. The van der Waals surface area contributed by atoms with E-state index in [2.05, 4.69) is 4.40 Å². The maximum absolute atomic E-state index is 12.3. The van der Waals surface area contributed by atoms with Crippen molar-refractivity contribution in [2.45, 2.75) is 16.2 Å². The molecular formula is C14H11NO3S2. The van der Waals surface area contributed by atoms with Crippen LogP contribution >= 0.6 is 11.8 Å². The Hall–Kier alpha value is -1.66. The van der Waals surface area contributed by atoms with Crippen molar-refractivity contribution in [1.29, 1.82) is 0 Å². The number of hydrogen-bond donors (Lipinski definition) is 0. The molecule has 4 nitrogen and oxygen atoms in total. The van der Waals surface area contributed by atoms with Crippen molar-refractivity contribution < 1.29 is 13.2 Å². The number of fused-ring (bicyclic) bond motifs is 2. The normalized spacial score (nSPS) is 19.6. The summed E-state index contributed by atoms with van der Waals surface area (Å²) in [6.07, 6.45) is 6.83. The van der Waals surface area contributed by atoms with Crippen LogP contribution in [0.2, 0.25) is 0 Å². The maximum atomic E-state index is 12.3. The highest BCUT2D eigenvalue weighted by Crippen LogP contribution is 2.38. The molecule has 0 amide bonds. The molecule has 1 heterocycles. The lowest BCUT2D eigenvalue weighted by Crippen LogP contribution is -2.09. The van der Waals surface area contributed by atoms with E-state index < -0.39 is 10.0 Å². The molecule has 3 rings (SSSR count). The molecule has 0 saturated carbocycles. The zero-order valence-corrected chi connectivity index (χ0v) is 12.3. The summed E-state index contributed by atoms with van der Waals surface area (Å²) in [5.74, 6) is -0.0782. The standard InChI is InChI=1S/C14H11NO3S2/c1-19-12-7-3-5-10-13-9(4-2-6-11(13)16)8-15-20(17,18)14(10)12/h2-5,7-8H,6H2,1H3. The van der Waals surface area contributed by atoms with E-state index in [9.17, 15) is 13.2 Å². The Kier molecular flexibility index (Phi) is 3.14. The van der Waals surface area contributed by atoms with E-state index in [1.807, 2.05) is 0 Å². The molecule has 2 aliphatic rings. The van der Waals surface area contributed by atoms with Crippen molar-refractivity contribution in [3.05, 3.63) is 41.5 Å². The van der Waals surface area contributed by atoms with Crippen LogP contribution in [0.4, 0.5) is 0 Å². The van der Waals surface area contributed by atoms with Crippen molar-refractivity contribution in [2.75, 3.05) is 6.26 Å². The molecule has 0 saturated heterocycles. The van der Waals surface area contributed by atoms with E-state index in [1.165, 1.54) is 18.0 Å². The van der Waals surface area contributed by atoms with E-state index in [0.29, 0.717) is 21.6 Å². The summed E-state index contributed by atoms with van der Waals surface area (Å²) in [5.41, 5.74) is 1.46. The third-order valence-corrected chi connectivity index (χ3v) is 5.47. The van der Waals surface area contributed by atoms with E-state index in [4.69, 9.17) is 0 Å². The summed E-state index contributed by atoms with van der Waals surface area (Å²) in [6, 6.07) is 5.17. The minimum Gasteiger partial charge on any atom is -0.294 e. The van der Waals surface area contributed by atoms with Gasteiger partial charge in [-0.15, -0.1) is 11.8 Å². The molecule has 0 spiro atoms. The summed E-state index contributed by atoms with van der Waals surface area (Å²) in [4.78, 5) is 12.9. The molecule has 0 unspecified atom stereocenters. The second-order valence-corrected chi connectivity index (χ2v) is 6.82. The highest BCUT2D eigenvalue weighted by molar-refractivity contribution is 7.99. The third-order valence-electron chi connectivity index (χ3n) is 3.22. The summed E-state index contributed by atoms with van der Waals surface area (Å²) < 4.78 is 28.4. The van der Waals surface area contributed by atoms with E-state index in [1.54, 1.807) is 36.6 Å². The molecule has 6 heteroatoms. The van der Waals surface area contributed by atoms with Crippen molar-refractivity contribution >= 4 is 39.4 Å². The average Bonchev–Trinajstić information content (AvgIpc) is 2.55. The van der Waals surface area contributed by atoms with Gasteiger partial charge in [0, 0.05) is 34.2 Å². The number of ketones is 1. The molecule has 0 bridgehead atoms. The molecule has 1 aliphatic heterocycles. The predicted octanol–water partition coefficient (Wildman–Crippen LogP) is 2.46. The molecule has 0 N–H and O–H groups in total. The topological polar surface area (TPSA) is 63.6 Å². The van der Waals surface area contributed by atoms with Gasteiger partial charge in [0.25, 0.3) is 10.0 Å². The first-order chi connectivity index (χ1) is 9.54. The number of Topliss-reactive ketones (excluding diaryl/α,β-unsaturated/α-hetero) is 1. The Morgan fingerprint density at radius 1 is 1.30 bits per heavy atom. The lowest BCUT2D eigenvalue weighted by atomic mass is 9.91. The minimum atomic E-state index is -3.78. The van der Waals surface area contributed by atoms with Gasteiger partial charge in [-0.3, -0.25) is 4.79 Å². The molecule has 1 aliphatic carbocycles. The van der Waals surface area contributed by atoms with Crippen LogP contribution in [-0.4, -0.2) is 26.7 Å². The second kappa shape index (κ2) is 4.71. The van der Waals surface area contributed by atoms with Gasteiger partial charge in [0.2, 0.25) is 0 Å². The van der Waals surface area contributed by atoms with Crippen LogP contribution in [-0.2, 0) is 14.8 Å². The van der Waals surface area contributed by atoms with Gasteiger partial charge in [0.15, 0.2) is 5.78 Å². The average molecular weight is 305 g/mol. The SMILES string of the molecule is CSc1cccc2c1S(=O)(=O)N=CC1=C2C(=O)CC=C1. The van der Waals surface area contributed by atoms with Crippen LogP contribution in [0.1, 0.15) is 12.0 Å². The minimum absolute atomic E-state index is 0.0782. The molecule has 20 heavy (non-hydrogen) atoms. The van der Waals surface area contributed by atoms with Crippen LogP contribution < -0.4 is 0 Å². The fourth-order valence-corrected chi connectivity index (χ4v) is 4.57. The number of carbonyl (C=O) groups excluding carboxylic acids is 1. The fourth-order valence-electron chi connectivity index (χ4n) is 2.37. The Labute approximate surface area is 121 Å². The molecule has 102 valence electrons.